The third-order valence-corrected chi connectivity index (χ3v) is 4.53. The first-order valence-corrected chi connectivity index (χ1v) is 7.53. The lowest BCUT2D eigenvalue weighted by molar-refractivity contribution is 0.224. The molecule has 0 bridgehead atoms. The molecule has 0 aromatic heterocycles. The summed E-state index contributed by atoms with van der Waals surface area (Å²) in [6.45, 7) is 4.02. The Morgan fingerprint density at radius 3 is 2.60 bits per heavy atom. The summed E-state index contributed by atoms with van der Waals surface area (Å²) in [5.74, 6) is 0. The number of aliphatic hydroxyl groups excluding tert-OH is 1. The first-order chi connectivity index (χ1) is 9.44. The molecule has 2 aromatic carbocycles. The Bertz CT molecular complexity index is 617. The van der Waals surface area contributed by atoms with Crippen molar-refractivity contribution in [1.29, 1.82) is 0 Å². The lowest BCUT2D eigenvalue weighted by Gasteiger charge is -2.31. The van der Waals surface area contributed by atoms with Crippen LogP contribution in [0.25, 0.3) is 0 Å². The van der Waals surface area contributed by atoms with Crippen molar-refractivity contribution in [3.8, 4) is 0 Å². The van der Waals surface area contributed by atoms with Crippen LogP contribution in [0.1, 0.15) is 18.1 Å². The van der Waals surface area contributed by atoms with Crippen LogP contribution in [-0.2, 0) is 5.54 Å². The van der Waals surface area contributed by atoms with E-state index in [1.54, 1.807) is 0 Å². The van der Waals surface area contributed by atoms with Crippen molar-refractivity contribution in [2.24, 2.45) is 0 Å². The average molecular weight is 355 g/mol. The van der Waals surface area contributed by atoms with E-state index in [0.29, 0.717) is 5.02 Å². The largest absolute Gasteiger partial charge is 0.394 e. The second-order valence-corrected chi connectivity index (χ2v) is 6.38. The lowest BCUT2D eigenvalue weighted by atomic mass is 9.91. The zero-order valence-electron chi connectivity index (χ0n) is 11.5. The highest BCUT2D eigenvalue weighted by Crippen LogP contribution is 2.30. The van der Waals surface area contributed by atoms with E-state index in [0.717, 1.165) is 15.7 Å². The normalized spacial score (nSPS) is 13.8. The molecule has 0 heterocycles. The van der Waals surface area contributed by atoms with Crippen LogP contribution < -0.4 is 5.32 Å². The lowest BCUT2D eigenvalue weighted by Crippen LogP contribution is -2.35. The molecule has 0 radical (unpaired) electrons. The molecule has 0 aliphatic carbocycles. The molecule has 2 aromatic rings. The Morgan fingerprint density at radius 1 is 1.25 bits per heavy atom. The predicted molar refractivity (Wildman–Crippen MR) is 88.4 cm³/mol. The van der Waals surface area contributed by atoms with E-state index >= 15 is 0 Å². The molecule has 2 rings (SSSR count). The van der Waals surface area contributed by atoms with Gasteiger partial charge in [-0.05, 0) is 53.5 Å². The van der Waals surface area contributed by atoms with E-state index in [2.05, 4.69) is 27.3 Å². The topological polar surface area (TPSA) is 32.3 Å². The smallest absolute Gasteiger partial charge is 0.0828 e. The van der Waals surface area contributed by atoms with E-state index in [-0.39, 0.29) is 6.61 Å². The fraction of sp³-hybridized carbons (Fsp3) is 0.250. The fourth-order valence-electron chi connectivity index (χ4n) is 2.08. The van der Waals surface area contributed by atoms with E-state index < -0.39 is 5.54 Å². The summed E-state index contributed by atoms with van der Waals surface area (Å²) >= 11 is 9.41. The van der Waals surface area contributed by atoms with Crippen LogP contribution in [0.4, 0.5) is 5.69 Å². The van der Waals surface area contributed by atoms with E-state index in [4.69, 9.17) is 11.6 Å². The molecule has 106 valence electrons. The maximum absolute atomic E-state index is 9.81. The van der Waals surface area contributed by atoms with Crippen molar-refractivity contribution in [1.82, 2.24) is 0 Å². The Labute approximate surface area is 132 Å². The number of hydrogen-bond donors (Lipinski definition) is 2. The van der Waals surface area contributed by atoms with Crippen molar-refractivity contribution < 1.29 is 5.11 Å². The number of nitrogens with one attached hydrogen (secondary N) is 1. The van der Waals surface area contributed by atoms with Crippen LogP contribution in [0.15, 0.2) is 46.9 Å². The van der Waals surface area contributed by atoms with Gasteiger partial charge in [-0.3, -0.25) is 0 Å². The minimum Gasteiger partial charge on any atom is -0.394 e. The molecule has 0 aliphatic heterocycles. The number of hydrogen-bond acceptors (Lipinski definition) is 2. The zero-order chi connectivity index (χ0) is 14.8. The molecule has 0 amide bonds. The summed E-state index contributed by atoms with van der Waals surface area (Å²) < 4.78 is 0.827. The second-order valence-electron chi connectivity index (χ2n) is 5.11. The summed E-state index contributed by atoms with van der Waals surface area (Å²) in [6, 6.07) is 13.8. The van der Waals surface area contributed by atoms with Crippen LogP contribution in [0, 0.1) is 6.92 Å². The number of benzene rings is 2. The average Bonchev–Trinajstić information content (AvgIpc) is 2.43. The van der Waals surface area contributed by atoms with Crippen molar-refractivity contribution in [3.05, 3.63) is 63.1 Å². The van der Waals surface area contributed by atoms with Crippen LogP contribution in [0.5, 0.6) is 0 Å². The Hall–Kier alpha value is -1.03. The number of rotatable bonds is 4. The Balaban J connectivity index is 2.33. The number of halogens is 2. The van der Waals surface area contributed by atoms with E-state index in [9.17, 15) is 5.11 Å². The molecule has 4 heteroatoms. The third kappa shape index (κ3) is 3.35. The monoisotopic (exact) mass is 353 g/mol. The SMILES string of the molecule is Cc1cccc(C(C)(CO)Nc2ccc(Cl)c(Br)c2)c1. The highest BCUT2D eigenvalue weighted by atomic mass is 79.9. The summed E-state index contributed by atoms with van der Waals surface area (Å²) in [5.41, 5.74) is 2.57. The van der Waals surface area contributed by atoms with Gasteiger partial charge in [0.2, 0.25) is 0 Å². The fourth-order valence-corrected chi connectivity index (χ4v) is 2.58. The maximum atomic E-state index is 9.81. The Morgan fingerprint density at radius 2 is 2.00 bits per heavy atom. The van der Waals surface area contributed by atoms with Gasteiger partial charge in [0.1, 0.15) is 0 Å². The first-order valence-electron chi connectivity index (χ1n) is 6.36. The van der Waals surface area contributed by atoms with Gasteiger partial charge in [0.05, 0.1) is 17.2 Å². The molecule has 20 heavy (non-hydrogen) atoms. The molecular weight excluding hydrogens is 338 g/mol. The van der Waals surface area contributed by atoms with Gasteiger partial charge in [-0.15, -0.1) is 0 Å². The molecule has 0 saturated carbocycles. The molecule has 0 saturated heterocycles. The van der Waals surface area contributed by atoms with Gasteiger partial charge >= 0.3 is 0 Å². The summed E-state index contributed by atoms with van der Waals surface area (Å²) in [7, 11) is 0. The van der Waals surface area contributed by atoms with Crippen LogP contribution >= 0.6 is 27.5 Å². The number of aliphatic hydroxyl groups is 1. The predicted octanol–water partition coefficient (Wildman–Crippen LogP) is 4.73. The van der Waals surface area contributed by atoms with Gasteiger partial charge in [-0.25, -0.2) is 0 Å². The van der Waals surface area contributed by atoms with Gasteiger partial charge < -0.3 is 10.4 Å². The summed E-state index contributed by atoms with van der Waals surface area (Å²) in [4.78, 5) is 0. The molecule has 1 unspecified atom stereocenters. The quantitative estimate of drug-likeness (QED) is 0.832. The maximum Gasteiger partial charge on any atom is 0.0828 e. The highest BCUT2D eigenvalue weighted by Gasteiger charge is 2.25. The van der Waals surface area contributed by atoms with E-state index in [1.807, 2.05) is 50.2 Å². The number of anilines is 1. The number of aryl methyl sites for hydroxylation is 1. The molecule has 1 atom stereocenters. The van der Waals surface area contributed by atoms with Crippen molar-refractivity contribution in [2.75, 3.05) is 11.9 Å². The van der Waals surface area contributed by atoms with Crippen molar-refractivity contribution in [2.45, 2.75) is 19.4 Å². The minimum absolute atomic E-state index is 0.00327. The molecule has 0 aliphatic rings. The van der Waals surface area contributed by atoms with Gasteiger partial charge in [0.15, 0.2) is 0 Å². The minimum atomic E-state index is -0.542. The van der Waals surface area contributed by atoms with E-state index in [1.165, 1.54) is 5.56 Å². The zero-order valence-corrected chi connectivity index (χ0v) is 13.8. The van der Waals surface area contributed by atoms with Gasteiger partial charge in [0, 0.05) is 10.2 Å². The summed E-state index contributed by atoms with van der Waals surface area (Å²) in [6.07, 6.45) is 0. The third-order valence-electron chi connectivity index (χ3n) is 3.31. The van der Waals surface area contributed by atoms with Crippen LogP contribution in [-0.4, -0.2) is 11.7 Å². The van der Waals surface area contributed by atoms with Gasteiger partial charge in [-0.2, -0.15) is 0 Å². The Kier molecular flexibility index (Phi) is 4.74. The second kappa shape index (κ2) is 6.17. The van der Waals surface area contributed by atoms with Crippen molar-refractivity contribution in [3.63, 3.8) is 0 Å². The molecule has 0 fully saturated rings. The first kappa shape index (κ1) is 15.4. The standard InChI is InChI=1S/C16H17BrClNO/c1-11-4-3-5-12(8-11)16(2,10-20)19-13-6-7-15(18)14(17)9-13/h3-9,19-20H,10H2,1-2H3. The van der Waals surface area contributed by atoms with Crippen LogP contribution in [0.2, 0.25) is 5.02 Å². The van der Waals surface area contributed by atoms with Crippen molar-refractivity contribution >= 4 is 33.2 Å². The van der Waals surface area contributed by atoms with Gasteiger partial charge in [0.25, 0.3) is 0 Å². The molecule has 0 spiro atoms. The van der Waals surface area contributed by atoms with Gasteiger partial charge in [-0.1, -0.05) is 41.4 Å². The highest BCUT2D eigenvalue weighted by molar-refractivity contribution is 9.10. The molecular formula is C16H17BrClNO. The molecule has 2 nitrogen and oxygen atoms in total. The summed E-state index contributed by atoms with van der Waals surface area (Å²) in [5, 5.41) is 13.9. The molecule has 2 N–H and O–H groups in total. The van der Waals surface area contributed by atoms with Crippen LogP contribution in [0.3, 0.4) is 0 Å².